The molecule has 5 rings (SSSR count). The second-order valence-electron chi connectivity index (χ2n) is 8.90. The first-order valence-electron chi connectivity index (χ1n) is 11.2. The molecule has 0 spiro atoms. The van der Waals surface area contributed by atoms with E-state index >= 15 is 0 Å². The van der Waals surface area contributed by atoms with Crippen LogP contribution in [-0.4, -0.2) is 51.3 Å². The highest BCUT2D eigenvalue weighted by Crippen LogP contribution is 2.42. The normalized spacial score (nSPS) is 19.8. The van der Waals surface area contributed by atoms with Gasteiger partial charge in [0.05, 0.1) is 16.7 Å². The zero-order valence-electron chi connectivity index (χ0n) is 19.0. The van der Waals surface area contributed by atoms with Crippen LogP contribution in [0.15, 0.2) is 36.8 Å². The van der Waals surface area contributed by atoms with Crippen LogP contribution in [0, 0.1) is 12.7 Å². The van der Waals surface area contributed by atoms with Gasteiger partial charge in [0.1, 0.15) is 17.2 Å². The van der Waals surface area contributed by atoms with Crippen LogP contribution in [0.25, 0.3) is 0 Å². The summed E-state index contributed by atoms with van der Waals surface area (Å²) in [6, 6.07) is 6.66. The van der Waals surface area contributed by atoms with Gasteiger partial charge in [0, 0.05) is 37.9 Å². The SMILES string of the molecule is CNC(=O)c1cnc(C2CC2)cc1NC(=O)N1CCC(c2ccc(C)c(F)c2)(c2ncns2)C1. The number of carbonyl (C=O) groups excluding carboxylic acids is 2. The molecule has 2 aromatic heterocycles. The van der Waals surface area contributed by atoms with Gasteiger partial charge in [-0.25, -0.2) is 14.2 Å². The monoisotopic (exact) mass is 480 g/mol. The molecule has 1 aromatic carbocycles. The third-order valence-corrected chi connectivity index (χ3v) is 7.55. The molecule has 1 saturated carbocycles. The summed E-state index contributed by atoms with van der Waals surface area (Å²) in [5.41, 5.74) is 2.33. The van der Waals surface area contributed by atoms with Gasteiger partial charge in [0.15, 0.2) is 0 Å². The van der Waals surface area contributed by atoms with E-state index < -0.39 is 5.41 Å². The predicted octanol–water partition coefficient (Wildman–Crippen LogP) is 3.84. The highest BCUT2D eigenvalue weighted by molar-refractivity contribution is 7.05. The van der Waals surface area contributed by atoms with Gasteiger partial charge in [-0.3, -0.25) is 9.78 Å². The highest BCUT2D eigenvalue weighted by Gasteiger charge is 2.45. The third-order valence-electron chi connectivity index (χ3n) is 6.69. The van der Waals surface area contributed by atoms with Crippen LogP contribution >= 0.6 is 11.5 Å². The smallest absolute Gasteiger partial charge is 0.321 e. The second-order valence-corrected chi connectivity index (χ2v) is 9.68. The summed E-state index contributed by atoms with van der Waals surface area (Å²) in [7, 11) is 1.54. The molecule has 8 nitrogen and oxygen atoms in total. The first-order valence-corrected chi connectivity index (χ1v) is 12.0. The van der Waals surface area contributed by atoms with Crippen molar-refractivity contribution in [1.29, 1.82) is 0 Å². The predicted molar refractivity (Wildman–Crippen MR) is 127 cm³/mol. The number of benzene rings is 1. The van der Waals surface area contributed by atoms with Crippen molar-refractivity contribution in [2.24, 2.45) is 0 Å². The molecule has 0 bridgehead atoms. The van der Waals surface area contributed by atoms with Crippen LogP contribution < -0.4 is 10.6 Å². The van der Waals surface area contributed by atoms with Crippen LogP contribution in [-0.2, 0) is 5.41 Å². The molecule has 3 amide bonds. The van der Waals surface area contributed by atoms with Gasteiger partial charge in [-0.1, -0.05) is 12.1 Å². The largest absolute Gasteiger partial charge is 0.355 e. The Morgan fingerprint density at radius 1 is 1.24 bits per heavy atom. The van der Waals surface area contributed by atoms with E-state index in [1.165, 1.54) is 30.1 Å². The molecule has 34 heavy (non-hydrogen) atoms. The number of nitrogens with zero attached hydrogens (tertiary/aromatic N) is 4. The number of aromatic nitrogens is 3. The highest BCUT2D eigenvalue weighted by atomic mass is 32.1. The summed E-state index contributed by atoms with van der Waals surface area (Å²) in [5, 5.41) is 6.27. The molecule has 10 heteroatoms. The van der Waals surface area contributed by atoms with Gasteiger partial charge < -0.3 is 15.5 Å². The average Bonchev–Trinajstić information content (AvgIpc) is 3.34. The molecular formula is C24H25FN6O2S. The molecule has 1 unspecified atom stereocenters. The number of amides is 3. The topological polar surface area (TPSA) is 100 Å². The van der Waals surface area contributed by atoms with E-state index in [0.29, 0.717) is 42.2 Å². The molecule has 3 aromatic rings. The molecule has 1 aliphatic heterocycles. The first kappa shape index (κ1) is 22.4. The lowest BCUT2D eigenvalue weighted by molar-refractivity contribution is 0.0963. The minimum absolute atomic E-state index is 0.288. The summed E-state index contributed by atoms with van der Waals surface area (Å²) in [6.45, 7) is 2.50. The minimum Gasteiger partial charge on any atom is -0.355 e. The molecular weight excluding hydrogens is 455 g/mol. The van der Waals surface area contributed by atoms with Gasteiger partial charge in [-0.2, -0.15) is 4.37 Å². The van der Waals surface area contributed by atoms with Gasteiger partial charge in [-0.05, 0) is 61.0 Å². The van der Waals surface area contributed by atoms with E-state index in [1.807, 2.05) is 6.07 Å². The van der Waals surface area contributed by atoms with Crippen LogP contribution in [0.4, 0.5) is 14.9 Å². The summed E-state index contributed by atoms with van der Waals surface area (Å²) >= 11 is 1.26. The van der Waals surface area contributed by atoms with Gasteiger partial charge in [0.2, 0.25) is 0 Å². The van der Waals surface area contributed by atoms with Crippen LogP contribution in [0.3, 0.4) is 0 Å². The Bertz CT molecular complexity index is 1250. The number of carbonyl (C=O) groups is 2. The van der Waals surface area contributed by atoms with E-state index in [2.05, 4.69) is 25.0 Å². The number of aryl methyl sites for hydroxylation is 1. The van der Waals surface area contributed by atoms with Crippen molar-refractivity contribution in [2.75, 3.05) is 25.5 Å². The maximum absolute atomic E-state index is 14.5. The molecule has 1 atom stereocenters. The summed E-state index contributed by atoms with van der Waals surface area (Å²) in [4.78, 5) is 36.2. The number of pyridine rings is 1. The molecule has 2 fully saturated rings. The number of halogens is 1. The molecule has 176 valence electrons. The third kappa shape index (κ3) is 4.02. The fourth-order valence-corrected chi connectivity index (χ4v) is 5.23. The molecule has 2 N–H and O–H groups in total. The zero-order valence-corrected chi connectivity index (χ0v) is 19.8. The second kappa shape index (κ2) is 8.75. The standard InChI is InChI=1S/C24H25FN6O2S/c1-14-3-6-16(9-18(14)25)24(22-28-13-29-34-22)7-8-31(12-24)23(33)30-20-10-19(15-4-5-15)27-11-17(20)21(32)26-2/h3,6,9-11,13,15H,4-5,7-8,12H2,1-2H3,(H,26,32)(H,27,30,33). The minimum atomic E-state index is -0.645. The number of anilines is 1. The molecule has 0 radical (unpaired) electrons. The lowest BCUT2D eigenvalue weighted by atomic mass is 9.80. The van der Waals surface area contributed by atoms with E-state index in [0.717, 1.165) is 29.1 Å². The maximum Gasteiger partial charge on any atom is 0.321 e. The van der Waals surface area contributed by atoms with Crippen LogP contribution in [0.1, 0.15) is 57.4 Å². The molecule has 1 aliphatic carbocycles. The quantitative estimate of drug-likeness (QED) is 0.578. The van der Waals surface area contributed by atoms with E-state index in [9.17, 15) is 14.0 Å². The summed E-state index contributed by atoms with van der Waals surface area (Å²) < 4.78 is 18.6. The van der Waals surface area contributed by atoms with E-state index in [4.69, 9.17) is 0 Å². The maximum atomic E-state index is 14.5. The van der Waals surface area contributed by atoms with Gasteiger partial charge in [-0.15, -0.1) is 0 Å². The summed E-state index contributed by atoms with van der Waals surface area (Å²) in [5.74, 6) is -0.225. The van der Waals surface area contributed by atoms with Gasteiger partial charge >= 0.3 is 6.03 Å². The average molecular weight is 481 g/mol. The number of nitrogens with one attached hydrogen (secondary N) is 2. The molecule has 2 aliphatic rings. The van der Waals surface area contributed by atoms with Crippen molar-refractivity contribution in [3.63, 3.8) is 0 Å². The lowest BCUT2D eigenvalue weighted by Crippen LogP contribution is -2.38. The Balaban J connectivity index is 1.43. The van der Waals surface area contributed by atoms with Crippen molar-refractivity contribution in [1.82, 2.24) is 24.6 Å². The number of hydrogen-bond acceptors (Lipinski definition) is 6. The Hall–Kier alpha value is -3.40. The van der Waals surface area contributed by atoms with Crippen molar-refractivity contribution in [2.45, 2.75) is 37.5 Å². The van der Waals surface area contributed by atoms with Gasteiger partial charge in [0.25, 0.3) is 5.91 Å². The van der Waals surface area contributed by atoms with E-state index in [-0.39, 0.29) is 17.8 Å². The summed E-state index contributed by atoms with van der Waals surface area (Å²) in [6.07, 6.45) is 5.71. The number of urea groups is 1. The van der Waals surface area contributed by atoms with E-state index in [1.54, 1.807) is 31.0 Å². The Morgan fingerprint density at radius 3 is 2.74 bits per heavy atom. The van der Waals surface area contributed by atoms with Crippen molar-refractivity contribution in [3.8, 4) is 0 Å². The number of likely N-dealkylation sites (tertiary alicyclic amines) is 1. The fourth-order valence-electron chi connectivity index (χ4n) is 4.48. The van der Waals surface area contributed by atoms with Crippen LogP contribution in [0.5, 0.6) is 0 Å². The molecule has 3 heterocycles. The lowest BCUT2D eigenvalue weighted by Gasteiger charge is -2.28. The first-order chi connectivity index (χ1) is 16.4. The molecule has 1 saturated heterocycles. The fraction of sp³-hybridized carbons (Fsp3) is 0.375. The number of hydrogen-bond donors (Lipinski definition) is 2. The Kier molecular flexibility index (Phi) is 5.76. The van der Waals surface area contributed by atoms with Crippen molar-refractivity contribution < 1.29 is 14.0 Å². The van der Waals surface area contributed by atoms with Crippen molar-refractivity contribution >= 4 is 29.2 Å². The number of rotatable bonds is 5. The zero-order chi connectivity index (χ0) is 23.9. The Morgan fingerprint density at radius 2 is 2.06 bits per heavy atom. The van der Waals surface area contributed by atoms with Crippen LogP contribution in [0.2, 0.25) is 0 Å². The Labute approximate surface area is 200 Å². The van der Waals surface area contributed by atoms with Crippen molar-refractivity contribution in [3.05, 3.63) is 70.0 Å².